The summed E-state index contributed by atoms with van der Waals surface area (Å²) >= 11 is 0. The maximum atomic E-state index is 13.3. The van der Waals surface area contributed by atoms with Gasteiger partial charge in [0.25, 0.3) is 0 Å². The van der Waals surface area contributed by atoms with Gasteiger partial charge in [0.1, 0.15) is 17.7 Å². The lowest BCUT2D eigenvalue weighted by molar-refractivity contribution is 0.277. The molecule has 0 amide bonds. The maximum Gasteiger partial charge on any atom is 0.236 e. The van der Waals surface area contributed by atoms with Gasteiger partial charge in [0.05, 0.1) is 15.5 Å². The van der Waals surface area contributed by atoms with Crippen LogP contribution in [0.3, 0.4) is 0 Å². The molecule has 1 aliphatic heterocycles. The van der Waals surface area contributed by atoms with E-state index in [-0.39, 0.29) is 12.1 Å². The van der Waals surface area contributed by atoms with Crippen molar-refractivity contribution in [1.29, 1.82) is 0 Å². The number of rotatable bonds is 3. The van der Waals surface area contributed by atoms with Gasteiger partial charge in [-0.3, -0.25) is 4.40 Å². The van der Waals surface area contributed by atoms with E-state index in [1.807, 2.05) is 12.3 Å². The Morgan fingerprint density at radius 1 is 1.21 bits per heavy atom. The fourth-order valence-corrected chi connectivity index (χ4v) is 2.87. The standard InChI is InChI=1S/C18H19FN4O/c1-24-15-4-2-13(3-5-15)16-12-23-11-8-17(21-18(23)20-16)22-9-6-14(19)7-10-22/h2-5,8,11-12,14H,6-7,9-10H2,1H3/i2T,3T. The van der Waals surface area contributed by atoms with Crippen molar-refractivity contribution in [3.63, 3.8) is 0 Å². The van der Waals surface area contributed by atoms with Crippen molar-refractivity contribution in [2.24, 2.45) is 0 Å². The molecule has 0 atom stereocenters. The van der Waals surface area contributed by atoms with E-state index >= 15 is 0 Å². The van der Waals surface area contributed by atoms with Crippen molar-refractivity contribution in [3.05, 3.63) is 42.7 Å². The molecule has 0 saturated carbocycles. The topological polar surface area (TPSA) is 42.7 Å². The van der Waals surface area contributed by atoms with Crippen molar-refractivity contribution in [2.45, 2.75) is 19.0 Å². The van der Waals surface area contributed by atoms with Gasteiger partial charge in [-0.15, -0.1) is 0 Å². The number of benzene rings is 1. The molecule has 0 N–H and O–H groups in total. The lowest BCUT2D eigenvalue weighted by Gasteiger charge is -2.29. The monoisotopic (exact) mass is 330 g/mol. The van der Waals surface area contributed by atoms with E-state index in [4.69, 9.17) is 7.48 Å². The number of aromatic nitrogens is 3. The quantitative estimate of drug-likeness (QED) is 0.739. The molecular weight excluding hydrogens is 307 g/mol. The molecule has 3 aromatic rings. The Morgan fingerprint density at radius 3 is 2.67 bits per heavy atom. The highest BCUT2D eigenvalue weighted by Gasteiger charge is 2.19. The van der Waals surface area contributed by atoms with Crippen LogP contribution in [0.1, 0.15) is 15.6 Å². The molecule has 4 rings (SSSR count). The van der Waals surface area contributed by atoms with Gasteiger partial charge in [0.15, 0.2) is 0 Å². The minimum Gasteiger partial charge on any atom is -0.497 e. The summed E-state index contributed by atoms with van der Waals surface area (Å²) in [5.74, 6) is 1.74. The van der Waals surface area contributed by atoms with Gasteiger partial charge in [-0.1, -0.05) is 0 Å². The number of halogens is 1. The number of methoxy groups -OCH3 is 1. The number of imidazole rings is 1. The van der Waals surface area contributed by atoms with Crippen molar-refractivity contribution in [1.82, 2.24) is 14.4 Å². The van der Waals surface area contributed by atoms with E-state index in [1.165, 1.54) is 7.11 Å². The van der Waals surface area contributed by atoms with Crippen LogP contribution in [0.2, 0.25) is 0 Å². The van der Waals surface area contributed by atoms with E-state index < -0.39 is 6.17 Å². The van der Waals surface area contributed by atoms with Gasteiger partial charge in [-0.05, 0) is 43.1 Å². The van der Waals surface area contributed by atoms with E-state index in [0.717, 1.165) is 5.82 Å². The number of nitrogens with zero attached hydrogens (tertiary/aromatic N) is 4. The minimum atomic E-state index is -0.728. The summed E-state index contributed by atoms with van der Waals surface area (Å²) in [4.78, 5) is 11.1. The number of alkyl halides is 1. The normalized spacial score (nSPS) is 17.0. The fourth-order valence-electron chi connectivity index (χ4n) is 2.87. The summed E-state index contributed by atoms with van der Waals surface area (Å²) in [5.41, 5.74) is 0.964. The van der Waals surface area contributed by atoms with Crippen molar-refractivity contribution in [2.75, 3.05) is 25.1 Å². The van der Waals surface area contributed by atoms with Crippen LogP contribution in [-0.2, 0) is 0 Å². The molecule has 3 heterocycles. The first-order valence-electron chi connectivity index (χ1n) is 8.95. The van der Waals surface area contributed by atoms with Gasteiger partial charge < -0.3 is 9.64 Å². The van der Waals surface area contributed by atoms with Gasteiger partial charge in [-0.2, -0.15) is 4.98 Å². The first kappa shape index (κ1) is 12.8. The molecule has 1 aliphatic rings. The Kier molecular flexibility index (Phi) is 3.25. The molecule has 0 radical (unpaired) electrons. The van der Waals surface area contributed by atoms with Crippen molar-refractivity contribution < 1.29 is 11.9 Å². The molecule has 2 aromatic heterocycles. The zero-order valence-corrected chi connectivity index (χ0v) is 13.4. The second kappa shape index (κ2) is 6.11. The minimum absolute atomic E-state index is 0.183. The largest absolute Gasteiger partial charge is 0.497 e. The van der Waals surface area contributed by atoms with Gasteiger partial charge >= 0.3 is 0 Å². The predicted molar refractivity (Wildman–Crippen MR) is 91.3 cm³/mol. The Hall–Kier alpha value is -2.63. The molecule has 5 nitrogen and oxygen atoms in total. The van der Waals surface area contributed by atoms with Gasteiger partial charge in [0, 0.05) is 31.0 Å². The van der Waals surface area contributed by atoms with Crippen molar-refractivity contribution in [3.8, 4) is 17.0 Å². The summed E-state index contributed by atoms with van der Waals surface area (Å²) in [6, 6.07) is 5.38. The molecule has 1 aromatic carbocycles. The number of hydrogen-bond acceptors (Lipinski definition) is 4. The predicted octanol–water partition coefficient (Wildman–Crippen LogP) is 3.34. The molecule has 0 bridgehead atoms. The number of anilines is 1. The summed E-state index contributed by atoms with van der Waals surface area (Å²) in [5, 5.41) is 0. The van der Waals surface area contributed by atoms with Gasteiger partial charge in [0.2, 0.25) is 5.78 Å². The third-order valence-corrected chi connectivity index (χ3v) is 4.27. The van der Waals surface area contributed by atoms with E-state index in [0.29, 0.717) is 48.7 Å². The molecule has 0 spiro atoms. The van der Waals surface area contributed by atoms with Gasteiger partial charge in [-0.25, -0.2) is 9.37 Å². The molecule has 24 heavy (non-hydrogen) atoms. The van der Waals surface area contributed by atoms with Crippen LogP contribution in [0.25, 0.3) is 17.0 Å². The second-order valence-electron chi connectivity index (χ2n) is 5.84. The smallest absolute Gasteiger partial charge is 0.236 e. The highest BCUT2D eigenvalue weighted by atomic mass is 19.1. The molecule has 124 valence electrons. The summed E-state index contributed by atoms with van der Waals surface area (Å²) in [6.07, 6.45) is 3.92. The van der Waals surface area contributed by atoms with Crippen LogP contribution in [0.5, 0.6) is 5.75 Å². The molecule has 1 saturated heterocycles. The first-order valence-corrected chi connectivity index (χ1v) is 7.95. The van der Waals surface area contributed by atoms with Crippen LogP contribution in [-0.4, -0.2) is 40.7 Å². The Morgan fingerprint density at radius 2 is 1.96 bits per heavy atom. The summed E-state index contributed by atoms with van der Waals surface area (Å²) in [6.45, 7) is 1.29. The zero-order chi connectivity index (χ0) is 18.3. The average molecular weight is 330 g/mol. The SMILES string of the molecule is [3H]c1cc(OC)cc([3H])c1-c1cn2ccc(N3CCC(F)CC3)nc2n1. The molecular formula is C18H19FN4O. The summed E-state index contributed by atoms with van der Waals surface area (Å²) in [7, 11) is 1.51. The molecule has 6 heteroatoms. The molecule has 1 fully saturated rings. The third-order valence-electron chi connectivity index (χ3n) is 4.27. The van der Waals surface area contributed by atoms with Crippen LogP contribution in [0.4, 0.5) is 10.2 Å². The number of hydrogen-bond donors (Lipinski definition) is 0. The lowest BCUT2D eigenvalue weighted by atomic mass is 10.1. The third kappa shape index (κ3) is 2.79. The van der Waals surface area contributed by atoms with Crippen LogP contribution >= 0.6 is 0 Å². The number of ether oxygens (including phenoxy) is 1. The fraction of sp³-hybridized carbons (Fsp3) is 0.333. The van der Waals surface area contributed by atoms with E-state index in [9.17, 15) is 4.39 Å². The molecule has 0 unspecified atom stereocenters. The van der Waals surface area contributed by atoms with E-state index in [2.05, 4.69) is 14.9 Å². The Labute approximate surface area is 142 Å². The van der Waals surface area contributed by atoms with Crippen LogP contribution in [0, 0.1) is 0 Å². The Balaban J connectivity index is 1.70. The maximum absolute atomic E-state index is 13.3. The highest BCUT2D eigenvalue weighted by Crippen LogP contribution is 2.24. The van der Waals surface area contributed by atoms with Crippen LogP contribution < -0.4 is 9.64 Å². The average Bonchev–Trinajstić information content (AvgIpc) is 3.04. The number of fused-ring (bicyclic) bond motifs is 1. The summed E-state index contributed by atoms with van der Waals surface area (Å²) < 4.78 is 36.6. The van der Waals surface area contributed by atoms with Crippen LogP contribution in [0.15, 0.2) is 42.7 Å². The zero-order valence-electron chi connectivity index (χ0n) is 15.4. The number of piperidine rings is 1. The van der Waals surface area contributed by atoms with Crippen molar-refractivity contribution >= 4 is 11.6 Å². The second-order valence-corrected chi connectivity index (χ2v) is 5.84. The Bertz CT molecular complexity index is 931. The highest BCUT2D eigenvalue weighted by molar-refractivity contribution is 5.63. The molecule has 0 aliphatic carbocycles. The first-order chi connectivity index (χ1) is 12.5. The lowest BCUT2D eigenvalue weighted by Crippen LogP contribution is -2.34. The van der Waals surface area contributed by atoms with E-state index in [1.54, 1.807) is 22.7 Å².